The maximum atomic E-state index is 5.82. The lowest BCUT2D eigenvalue weighted by atomic mass is 10.2. The average molecular weight is 285 g/mol. The Balaban J connectivity index is 2.47. The number of thioether (sulfide) groups is 1. The quantitative estimate of drug-likeness (QED) is 0.658. The number of benzene rings is 1. The molecule has 0 amide bonds. The molecule has 0 aliphatic carbocycles. The van der Waals surface area contributed by atoms with E-state index in [2.05, 4.69) is 9.98 Å². The van der Waals surface area contributed by atoms with E-state index in [1.165, 1.54) is 5.56 Å². The SMILES string of the molecule is C/C(=N\C(N)=NCCN)SCc1ccc(Cl)cc1. The van der Waals surface area contributed by atoms with E-state index in [-0.39, 0.29) is 5.96 Å². The number of nitrogens with zero attached hydrogens (tertiary/aromatic N) is 2. The highest BCUT2D eigenvalue weighted by Gasteiger charge is 1.97. The predicted molar refractivity (Wildman–Crippen MR) is 81.4 cm³/mol. The zero-order valence-corrected chi connectivity index (χ0v) is 11.8. The molecule has 0 saturated carbocycles. The maximum absolute atomic E-state index is 5.82. The van der Waals surface area contributed by atoms with Gasteiger partial charge in [-0.1, -0.05) is 23.7 Å². The van der Waals surface area contributed by atoms with Crippen LogP contribution in [0, 0.1) is 0 Å². The molecule has 4 nitrogen and oxygen atoms in total. The smallest absolute Gasteiger partial charge is 0.216 e. The van der Waals surface area contributed by atoms with Gasteiger partial charge in [-0.15, -0.1) is 11.8 Å². The van der Waals surface area contributed by atoms with Gasteiger partial charge in [0.1, 0.15) is 0 Å². The summed E-state index contributed by atoms with van der Waals surface area (Å²) in [5.41, 5.74) is 12.1. The number of hydrogen-bond donors (Lipinski definition) is 2. The maximum Gasteiger partial charge on any atom is 0.216 e. The summed E-state index contributed by atoms with van der Waals surface area (Å²) in [5.74, 6) is 1.11. The van der Waals surface area contributed by atoms with Gasteiger partial charge in [0.2, 0.25) is 5.96 Å². The molecule has 0 aliphatic rings. The van der Waals surface area contributed by atoms with Crippen molar-refractivity contribution >= 4 is 34.4 Å². The number of halogens is 1. The molecule has 18 heavy (non-hydrogen) atoms. The van der Waals surface area contributed by atoms with Crippen LogP contribution in [0.5, 0.6) is 0 Å². The van der Waals surface area contributed by atoms with Crippen LogP contribution in [0.4, 0.5) is 0 Å². The van der Waals surface area contributed by atoms with Crippen molar-refractivity contribution in [3.05, 3.63) is 34.9 Å². The first-order chi connectivity index (χ1) is 8.61. The Labute approximate surface area is 117 Å². The Bertz CT molecular complexity index is 428. The Morgan fingerprint density at radius 1 is 1.33 bits per heavy atom. The zero-order chi connectivity index (χ0) is 13.4. The van der Waals surface area contributed by atoms with Crippen LogP contribution < -0.4 is 11.5 Å². The van der Waals surface area contributed by atoms with E-state index < -0.39 is 0 Å². The summed E-state index contributed by atoms with van der Waals surface area (Å²) in [5, 5.41) is 1.62. The van der Waals surface area contributed by atoms with Gasteiger partial charge < -0.3 is 11.5 Å². The van der Waals surface area contributed by atoms with E-state index in [0.717, 1.165) is 15.8 Å². The minimum atomic E-state index is 0.279. The van der Waals surface area contributed by atoms with Gasteiger partial charge in [-0.05, 0) is 24.6 Å². The zero-order valence-electron chi connectivity index (χ0n) is 10.3. The van der Waals surface area contributed by atoms with Crippen molar-refractivity contribution in [3.8, 4) is 0 Å². The first kappa shape index (κ1) is 15.0. The molecule has 0 bridgehead atoms. The van der Waals surface area contributed by atoms with Crippen molar-refractivity contribution < 1.29 is 0 Å². The number of hydrogen-bond acceptors (Lipinski definition) is 3. The third kappa shape index (κ3) is 6.05. The molecular formula is C12H17ClN4S. The predicted octanol–water partition coefficient (Wildman–Crippen LogP) is 2.27. The van der Waals surface area contributed by atoms with Gasteiger partial charge in [0.15, 0.2) is 0 Å². The van der Waals surface area contributed by atoms with E-state index >= 15 is 0 Å². The summed E-state index contributed by atoms with van der Waals surface area (Å²) in [6.07, 6.45) is 0. The molecule has 1 aromatic carbocycles. The minimum absolute atomic E-state index is 0.279. The molecule has 0 radical (unpaired) electrons. The molecule has 0 fully saturated rings. The standard InChI is InChI=1S/C12H17ClN4S/c1-9(17-12(15)16-7-6-14)18-8-10-2-4-11(13)5-3-10/h2-5H,6-8,14H2,1H3,(H2,15,16)/b17-9+. The largest absolute Gasteiger partial charge is 0.368 e. The third-order valence-corrected chi connectivity index (χ3v) is 3.27. The summed E-state index contributed by atoms with van der Waals surface area (Å²) in [4.78, 5) is 8.17. The summed E-state index contributed by atoms with van der Waals surface area (Å²) in [7, 11) is 0. The van der Waals surface area contributed by atoms with Crippen LogP contribution in [0.25, 0.3) is 0 Å². The summed E-state index contributed by atoms with van der Waals surface area (Å²) >= 11 is 7.43. The number of nitrogens with two attached hydrogens (primary N) is 2. The lowest BCUT2D eigenvalue weighted by molar-refractivity contribution is 0.970. The molecule has 0 saturated heterocycles. The van der Waals surface area contributed by atoms with Crippen LogP contribution in [0.15, 0.2) is 34.3 Å². The van der Waals surface area contributed by atoms with Gasteiger partial charge in [0.05, 0.1) is 11.6 Å². The van der Waals surface area contributed by atoms with Gasteiger partial charge in [0, 0.05) is 17.3 Å². The number of rotatable bonds is 4. The lowest BCUT2D eigenvalue weighted by Crippen LogP contribution is -2.13. The fraction of sp³-hybridized carbons (Fsp3) is 0.333. The second-order valence-electron chi connectivity index (χ2n) is 3.57. The van der Waals surface area contributed by atoms with Gasteiger partial charge in [-0.2, -0.15) is 0 Å². The van der Waals surface area contributed by atoms with Gasteiger partial charge >= 0.3 is 0 Å². The molecule has 0 aromatic heterocycles. The summed E-state index contributed by atoms with van der Waals surface area (Å²) < 4.78 is 0. The van der Waals surface area contributed by atoms with E-state index in [1.54, 1.807) is 11.8 Å². The molecular weight excluding hydrogens is 268 g/mol. The second kappa shape index (κ2) is 8.13. The second-order valence-corrected chi connectivity index (χ2v) is 5.18. The summed E-state index contributed by atoms with van der Waals surface area (Å²) in [6, 6.07) is 7.74. The fourth-order valence-electron chi connectivity index (χ4n) is 1.18. The molecule has 0 spiro atoms. The fourth-order valence-corrected chi connectivity index (χ4v) is 2.03. The molecule has 0 aliphatic heterocycles. The molecule has 4 N–H and O–H groups in total. The van der Waals surface area contributed by atoms with E-state index in [4.69, 9.17) is 23.1 Å². The molecule has 1 rings (SSSR count). The van der Waals surface area contributed by atoms with Gasteiger partial charge in [-0.25, -0.2) is 4.99 Å². The van der Waals surface area contributed by atoms with Crippen LogP contribution in [0.1, 0.15) is 12.5 Å². The van der Waals surface area contributed by atoms with Crippen molar-refractivity contribution in [2.45, 2.75) is 12.7 Å². The van der Waals surface area contributed by atoms with E-state index in [9.17, 15) is 0 Å². The van der Waals surface area contributed by atoms with Crippen molar-refractivity contribution in [2.75, 3.05) is 13.1 Å². The highest BCUT2D eigenvalue weighted by atomic mass is 35.5. The van der Waals surface area contributed by atoms with Crippen LogP contribution in [-0.2, 0) is 5.75 Å². The van der Waals surface area contributed by atoms with E-state index in [0.29, 0.717) is 13.1 Å². The van der Waals surface area contributed by atoms with Gasteiger partial charge in [0.25, 0.3) is 0 Å². The topological polar surface area (TPSA) is 76.8 Å². The molecule has 0 heterocycles. The van der Waals surface area contributed by atoms with Crippen LogP contribution in [0.3, 0.4) is 0 Å². The summed E-state index contributed by atoms with van der Waals surface area (Å²) in [6.45, 7) is 2.89. The molecule has 0 unspecified atom stereocenters. The molecule has 0 atom stereocenters. The van der Waals surface area contributed by atoms with Crippen LogP contribution in [-0.4, -0.2) is 24.1 Å². The van der Waals surface area contributed by atoms with Crippen LogP contribution in [0.2, 0.25) is 5.02 Å². The lowest BCUT2D eigenvalue weighted by Gasteiger charge is -2.02. The Morgan fingerprint density at radius 3 is 2.61 bits per heavy atom. The Kier molecular flexibility index (Phi) is 6.78. The Hall–Kier alpha value is -1.04. The van der Waals surface area contributed by atoms with Crippen molar-refractivity contribution in [1.29, 1.82) is 0 Å². The first-order valence-electron chi connectivity index (χ1n) is 5.54. The third-order valence-electron chi connectivity index (χ3n) is 2.04. The van der Waals surface area contributed by atoms with Gasteiger partial charge in [-0.3, -0.25) is 4.99 Å². The molecule has 1 aromatic rings. The van der Waals surface area contributed by atoms with Crippen molar-refractivity contribution in [1.82, 2.24) is 0 Å². The highest BCUT2D eigenvalue weighted by Crippen LogP contribution is 2.16. The molecule has 98 valence electrons. The average Bonchev–Trinajstić information content (AvgIpc) is 2.35. The Morgan fingerprint density at radius 2 is 2.00 bits per heavy atom. The first-order valence-corrected chi connectivity index (χ1v) is 6.90. The monoisotopic (exact) mass is 284 g/mol. The minimum Gasteiger partial charge on any atom is -0.368 e. The number of guanidine groups is 1. The van der Waals surface area contributed by atoms with E-state index in [1.807, 2.05) is 31.2 Å². The van der Waals surface area contributed by atoms with Crippen molar-refractivity contribution in [2.24, 2.45) is 21.5 Å². The highest BCUT2D eigenvalue weighted by molar-refractivity contribution is 8.13. The van der Waals surface area contributed by atoms with Crippen LogP contribution >= 0.6 is 23.4 Å². The van der Waals surface area contributed by atoms with Crippen molar-refractivity contribution in [3.63, 3.8) is 0 Å². The normalized spacial score (nSPS) is 12.8. The molecule has 6 heteroatoms. The number of aliphatic imine (C=N–C) groups is 2.